The van der Waals surface area contributed by atoms with Crippen molar-refractivity contribution in [3.05, 3.63) is 58.8 Å². The maximum atomic E-state index is 12.6. The summed E-state index contributed by atoms with van der Waals surface area (Å²) in [6, 6.07) is 12.3. The quantitative estimate of drug-likeness (QED) is 0.784. The molecule has 0 saturated carbocycles. The smallest absolute Gasteiger partial charge is 0.246 e. The fourth-order valence-corrected chi connectivity index (χ4v) is 4.60. The van der Waals surface area contributed by atoms with Crippen LogP contribution in [0.1, 0.15) is 4.88 Å². The number of carbonyl (C=O) groups excluding carboxylic acids is 1. The van der Waals surface area contributed by atoms with Crippen LogP contribution in [0.25, 0.3) is 6.08 Å². The second-order valence-corrected chi connectivity index (χ2v) is 8.31. The highest BCUT2D eigenvalue weighted by Crippen LogP contribution is 2.17. The molecule has 1 aromatic heterocycles. The summed E-state index contributed by atoms with van der Waals surface area (Å²) in [5.41, 5.74) is 0. The first-order chi connectivity index (χ1) is 11.6. The highest BCUT2D eigenvalue weighted by Gasteiger charge is 2.29. The first-order valence-corrected chi connectivity index (χ1v) is 9.95. The predicted molar refractivity (Wildman–Crippen MR) is 95.1 cm³/mol. The third-order valence-electron chi connectivity index (χ3n) is 3.86. The van der Waals surface area contributed by atoms with E-state index in [0.29, 0.717) is 31.1 Å². The van der Waals surface area contributed by atoms with Crippen molar-refractivity contribution in [2.45, 2.75) is 4.90 Å². The Balaban J connectivity index is 1.60. The number of rotatable bonds is 4. The fourth-order valence-electron chi connectivity index (χ4n) is 2.54. The summed E-state index contributed by atoms with van der Waals surface area (Å²) in [7, 11) is -3.48. The summed E-state index contributed by atoms with van der Waals surface area (Å²) in [6.45, 7) is 1.44. The van der Waals surface area contributed by atoms with Crippen molar-refractivity contribution in [2.24, 2.45) is 0 Å². The van der Waals surface area contributed by atoms with Gasteiger partial charge in [0.1, 0.15) is 0 Å². The van der Waals surface area contributed by atoms with Crippen molar-refractivity contribution < 1.29 is 13.2 Å². The lowest BCUT2D eigenvalue weighted by atomic mass is 10.3. The normalized spacial score (nSPS) is 16.6. The lowest BCUT2D eigenvalue weighted by Gasteiger charge is -2.33. The van der Waals surface area contributed by atoms with Gasteiger partial charge in [-0.3, -0.25) is 4.79 Å². The zero-order valence-electron chi connectivity index (χ0n) is 13.0. The van der Waals surface area contributed by atoms with Gasteiger partial charge in [0.05, 0.1) is 4.90 Å². The van der Waals surface area contributed by atoms with E-state index >= 15 is 0 Å². The van der Waals surface area contributed by atoms with Crippen molar-refractivity contribution >= 4 is 33.3 Å². The summed E-state index contributed by atoms with van der Waals surface area (Å²) in [5, 5.41) is 1.96. The number of piperazine rings is 1. The molecule has 24 heavy (non-hydrogen) atoms. The van der Waals surface area contributed by atoms with Crippen molar-refractivity contribution in [1.82, 2.24) is 9.21 Å². The van der Waals surface area contributed by atoms with E-state index in [9.17, 15) is 13.2 Å². The molecule has 0 atom stereocenters. The molecule has 0 N–H and O–H groups in total. The molecule has 0 unspecified atom stereocenters. The van der Waals surface area contributed by atoms with E-state index in [2.05, 4.69) is 0 Å². The molecular weight excluding hydrogens is 344 g/mol. The van der Waals surface area contributed by atoms with Gasteiger partial charge in [0.25, 0.3) is 0 Å². The Morgan fingerprint density at radius 3 is 2.33 bits per heavy atom. The zero-order valence-corrected chi connectivity index (χ0v) is 14.7. The Hall–Kier alpha value is -1.96. The van der Waals surface area contributed by atoms with Gasteiger partial charge in [-0.15, -0.1) is 11.3 Å². The molecule has 1 fully saturated rings. The standard InChI is InChI=1S/C17H18N2O3S2/c20-17(9-8-15-5-4-14-23-15)18-10-12-19(13-11-18)24(21,22)16-6-2-1-3-7-16/h1-9,14H,10-13H2/b9-8+. The Morgan fingerprint density at radius 1 is 1.00 bits per heavy atom. The second-order valence-electron chi connectivity index (χ2n) is 5.39. The molecule has 2 aromatic rings. The van der Waals surface area contributed by atoms with Crippen LogP contribution in [0, 0.1) is 0 Å². The minimum absolute atomic E-state index is 0.0832. The molecular formula is C17H18N2O3S2. The minimum Gasteiger partial charge on any atom is -0.337 e. The van der Waals surface area contributed by atoms with Crippen molar-refractivity contribution in [3.63, 3.8) is 0 Å². The van der Waals surface area contributed by atoms with E-state index in [-0.39, 0.29) is 5.91 Å². The van der Waals surface area contributed by atoms with Gasteiger partial charge in [0.2, 0.25) is 15.9 Å². The van der Waals surface area contributed by atoms with Gasteiger partial charge in [-0.2, -0.15) is 4.31 Å². The first-order valence-electron chi connectivity index (χ1n) is 7.63. The van der Waals surface area contributed by atoms with E-state index in [1.807, 2.05) is 17.5 Å². The van der Waals surface area contributed by atoms with Crippen molar-refractivity contribution in [1.29, 1.82) is 0 Å². The average molecular weight is 362 g/mol. The zero-order chi connectivity index (χ0) is 17.0. The molecule has 0 radical (unpaired) electrons. The molecule has 1 aliphatic rings. The van der Waals surface area contributed by atoms with Crippen LogP contribution in [0.4, 0.5) is 0 Å². The number of hydrogen-bond donors (Lipinski definition) is 0. The number of nitrogens with zero attached hydrogens (tertiary/aromatic N) is 2. The maximum absolute atomic E-state index is 12.6. The Bertz CT molecular complexity index is 807. The third kappa shape index (κ3) is 3.75. The van der Waals surface area contributed by atoms with Gasteiger partial charge in [0, 0.05) is 37.1 Å². The molecule has 5 nitrogen and oxygen atoms in total. The molecule has 7 heteroatoms. The van der Waals surface area contributed by atoms with Gasteiger partial charge in [-0.1, -0.05) is 24.3 Å². The van der Waals surface area contributed by atoms with E-state index in [1.54, 1.807) is 58.7 Å². The van der Waals surface area contributed by atoms with Crippen LogP contribution in [0.2, 0.25) is 0 Å². The predicted octanol–water partition coefficient (Wildman–Crippen LogP) is 2.29. The Labute approximate surface area is 145 Å². The number of benzene rings is 1. The van der Waals surface area contributed by atoms with E-state index in [1.165, 1.54) is 4.31 Å². The summed E-state index contributed by atoms with van der Waals surface area (Å²) < 4.78 is 26.5. The molecule has 0 spiro atoms. The molecule has 1 aromatic carbocycles. The third-order valence-corrected chi connectivity index (χ3v) is 6.62. The largest absolute Gasteiger partial charge is 0.337 e. The minimum atomic E-state index is -3.48. The molecule has 3 rings (SSSR count). The van der Waals surface area contributed by atoms with E-state index in [0.717, 1.165) is 4.88 Å². The van der Waals surface area contributed by atoms with E-state index < -0.39 is 10.0 Å². The number of thiophene rings is 1. The molecule has 1 saturated heterocycles. The Morgan fingerprint density at radius 2 is 1.71 bits per heavy atom. The molecule has 126 valence electrons. The molecule has 0 aliphatic carbocycles. The van der Waals surface area contributed by atoms with Crippen LogP contribution in [0.3, 0.4) is 0 Å². The summed E-state index contributed by atoms with van der Waals surface area (Å²) in [6.07, 6.45) is 3.34. The summed E-state index contributed by atoms with van der Waals surface area (Å²) >= 11 is 1.57. The maximum Gasteiger partial charge on any atom is 0.246 e. The van der Waals surface area contributed by atoms with Crippen LogP contribution in [-0.4, -0.2) is 49.7 Å². The fraction of sp³-hybridized carbons (Fsp3) is 0.235. The molecule has 1 amide bonds. The van der Waals surface area contributed by atoms with Crippen LogP contribution in [-0.2, 0) is 14.8 Å². The Kier molecular flexibility index (Phi) is 5.13. The van der Waals surface area contributed by atoms with Crippen LogP contribution in [0.5, 0.6) is 0 Å². The average Bonchev–Trinajstić information content (AvgIpc) is 3.14. The molecule has 1 aliphatic heterocycles. The van der Waals surface area contributed by atoms with Crippen molar-refractivity contribution in [2.75, 3.05) is 26.2 Å². The lowest BCUT2D eigenvalue weighted by molar-refractivity contribution is -0.127. The van der Waals surface area contributed by atoms with Gasteiger partial charge < -0.3 is 4.90 Å². The number of sulfonamides is 1. The monoisotopic (exact) mass is 362 g/mol. The number of carbonyl (C=O) groups is 1. The van der Waals surface area contributed by atoms with Crippen LogP contribution in [0.15, 0.2) is 58.8 Å². The lowest BCUT2D eigenvalue weighted by Crippen LogP contribution is -2.50. The highest BCUT2D eigenvalue weighted by molar-refractivity contribution is 7.89. The summed E-state index contributed by atoms with van der Waals surface area (Å²) in [5.74, 6) is -0.0832. The highest BCUT2D eigenvalue weighted by atomic mass is 32.2. The topological polar surface area (TPSA) is 57.7 Å². The van der Waals surface area contributed by atoms with Crippen LogP contribution < -0.4 is 0 Å². The second kappa shape index (κ2) is 7.29. The number of amides is 1. The number of hydrogen-bond acceptors (Lipinski definition) is 4. The van der Waals surface area contributed by atoms with Gasteiger partial charge in [-0.05, 0) is 29.7 Å². The summed E-state index contributed by atoms with van der Waals surface area (Å²) in [4.78, 5) is 15.2. The van der Waals surface area contributed by atoms with Gasteiger partial charge in [0.15, 0.2) is 0 Å². The van der Waals surface area contributed by atoms with Crippen LogP contribution >= 0.6 is 11.3 Å². The van der Waals surface area contributed by atoms with E-state index in [4.69, 9.17) is 0 Å². The van der Waals surface area contributed by atoms with Gasteiger partial charge in [-0.25, -0.2) is 8.42 Å². The molecule has 0 bridgehead atoms. The molecule has 2 heterocycles. The SMILES string of the molecule is O=C(/C=C/c1cccs1)N1CCN(S(=O)(=O)c2ccccc2)CC1. The van der Waals surface area contributed by atoms with Gasteiger partial charge >= 0.3 is 0 Å². The van der Waals surface area contributed by atoms with Crippen molar-refractivity contribution in [3.8, 4) is 0 Å². The first kappa shape index (κ1) is 16.9.